The van der Waals surface area contributed by atoms with Crippen LogP contribution in [0.1, 0.15) is 15.9 Å². The molecule has 0 aliphatic carbocycles. The highest BCUT2D eigenvalue weighted by Gasteiger charge is 2.26. The van der Waals surface area contributed by atoms with Gasteiger partial charge in [0.1, 0.15) is 0 Å². The number of amides is 3. The van der Waals surface area contributed by atoms with E-state index in [0.29, 0.717) is 11.1 Å². The van der Waals surface area contributed by atoms with Crippen LogP contribution in [0.15, 0.2) is 24.3 Å². The molecule has 0 bridgehead atoms. The van der Waals surface area contributed by atoms with E-state index in [1.807, 2.05) is 0 Å². The zero-order valence-electron chi connectivity index (χ0n) is 9.68. The molecule has 0 saturated carbocycles. The van der Waals surface area contributed by atoms with Crippen LogP contribution in [0, 0.1) is 0 Å². The van der Waals surface area contributed by atoms with Crippen molar-refractivity contribution in [1.82, 2.24) is 10.2 Å². The number of hydrogen-bond acceptors (Lipinski definition) is 4. The Morgan fingerprint density at radius 1 is 1.22 bits per heavy atom. The summed E-state index contributed by atoms with van der Waals surface area (Å²) in [6.45, 7) is 0.341. The SMILES string of the molecule is NC(=O)c1ccccc1CN1C(=O)CNCC1=O. The summed E-state index contributed by atoms with van der Waals surface area (Å²) in [5.41, 5.74) is 6.16. The van der Waals surface area contributed by atoms with Crippen molar-refractivity contribution >= 4 is 17.7 Å². The van der Waals surface area contributed by atoms with Gasteiger partial charge in [0.25, 0.3) is 0 Å². The van der Waals surface area contributed by atoms with Gasteiger partial charge in [-0.25, -0.2) is 0 Å². The van der Waals surface area contributed by atoms with Crippen molar-refractivity contribution in [3.63, 3.8) is 0 Å². The summed E-state index contributed by atoms with van der Waals surface area (Å²) in [7, 11) is 0. The van der Waals surface area contributed by atoms with Crippen molar-refractivity contribution in [1.29, 1.82) is 0 Å². The molecule has 1 fully saturated rings. The lowest BCUT2D eigenvalue weighted by molar-refractivity contribution is -0.147. The van der Waals surface area contributed by atoms with Crippen molar-refractivity contribution in [3.8, 4) is 0 Å². The first kappa shape index (κ1) is 12.3. The van der Waals surface area contributed by atoms with Gasteiger partial charge in [0.2, 0.25) is 17.7 Å². The number of nitrogens with one attached hydrogen (secondary N) is 1. The van der Waals surface area contributed by atoms with Crippen molar-refractivity contribution in [3.05, 3.63) is 35.4 Å². The molecular weight excluding hydrogens is 234 g/mol. The average molecular weight is 247 g/mol. The molecule has 18 heavy (non-hydrogen) atoms. The zero-order valence-corrected chi connectivity index (χ0v) is 9.68. The number of nitrogens with zero attached hydrogens (tertiary/aromatic N) is 1. The van der Waals surface area contributed by atoms with Crippen molar-refractivity contribution in [2.24, 2.45) is 5.73 Å². The fourth-order valence-corrected chi connectivity index (χ4v) is 1.85. The summed E-state index contributed by atoms with van der Waals surface area (Å²) in [6.07, 6.45) is 0. The van der Waals surface area contributed by atoms with E-state index in [1.165, 1.54) is 0 Å². The highest BCUT2D eigenvalue weighted by Crippen LogP contribution is 2.12. The highest BCUT2D eigenvalue weighted by molar-refractivity contribution is 6.00. The first-order chi connectivity index (χ1) is 8.59. The lowest BCUT2D eigenvalue weighted by Gasteiger charge is -2.26. The van der Waals surface area contributed by atoms with E-state index in [1.54, 1.807) is 24.3 Å². The molecule has 1 aliphatic rings. The minimum atomic E-state index is -0.569. The number of imide groups is 1. The number of primary amides is 1. The van der Waals surface area contributed by atoms with Gasteiger partial charge in [-0.1, -0.05) is 18.2 Å². The molecule has 1 aromatic rings. The smallest absolute Gasteiger partial charge is 0.249 e. The number of piperazine rings is 1. The van der Waals surface area contributed by atoms with E-state index in [9.17, 15) is 14.4 Å². The highest BCUT2D eigenvalue weighted by atomic mass is 16.2. The summed E-state index contributed by atoms with van der Waals surface area (Å²) in [4.78, 5) is 35.6. The van der Waals surface area contributed by atoms with E-state index in [2.05, 4.69) is 5.32 Å². The summed E-state index contributed by atoms with van der Waals surface area (Å²) >= 11 is 0. The van der Waals surface area contributed by atoms with Crippen LogP contribution in [0.2, 0.25) is 0 Å². The molecule has 3 N–H and O–H groups in total. The van der Waals surface area contributed by atoms with E-state index < -0.39 is 5.91 Å². The fourth-order valence-electron chi connectivity index (χ4n) is 1.85. The maximum Gasteiger partial charge on any atom is 0.249 e. The predicted molar refractivity (Wildman–Crippen MR) is 63.4 cm³/mol. The average Bonchev–Trinajstić information content (AvgIpc) is 2.34. The Balaban J connectivity index is 2.25. The van der Waals surface area contributed by atoms with Gasteiger partial charge < -0.3 is 5.73 Å². The minimum Gasteiger partial charge on any atom is -0.366 e. The molecule has 1 saturated heterocycles. The molecule has 2 rings (SSSR count). The van der Waals surface area contributed by atoms with Gasteiger partial charge >= 0.3 is 0 Å². The first-order valence-corrected chi connectivity index (χ1v) is 5.51. The Labute approximate surface area is 104 Å². The molecule has 0 spiro atoms. The Morgan fingerprint density at radius 3 is 2.44 bits per heavy atom. The molecule has 1 heterocycles. The summed E-state index contributed by atoms with van der Waals surface area (Å²) in [5.74, 6) is -1.17. The van der Waals surface area contributed by atoms with Gasteiger partial charge in [-0.05, 0) is 11.6 Å². The zero-order chi connectivity index (χ0) is 13.1. The van der Waals surface area contributed by atoms with Crippen LogP contribution >= 0.6 is 0 Å². The van der Waals surface area contributed by atoms with Gasteiger partial charge in [-0.2, -0.15) is 0 Å². The second-order valence-corrected chi connectivity index (χ2v) is 4.00. The molecule has 6 nitrogen and oxygen atoms in total. The normalized spacial score (nSPS) is 15.9. The van der Waals surface area contributed by atoms with E-state index in [-0.39, 0.29) is 31.4 Å². The number of benzene rings is 1. The van der Waals surface area contributed by atoms with E-state index in [4.69, 9.17) is 5.73 Å². The second kappa shape index (κ2) is 4.97. The maximum atomic E-state index is 11.6. The van der Waals surface area contributed by atoms with Gasteiger partial charge in [-0.15, -0.1) is 0 Å². The largest absolute Gasteiger partial charge is 0.366 e. The summed E-state index contributed by atoms with van der Waals surface area (Å²) < 4.78 is 0. The Kier molecular flexibility index (Phi) is 3.38. The topological polar surface area (TPSA) is 92.5 Å². The summed E-state index contributed by atoms with van der Waals surface area (Å²) in [6, 6.07) is 6.68. The predicted octanol–water partition coefficient (Wildman–Crippen LogP) is -0.756. The minimum absolute atomic E-state index is 0.0818. The second-order valence-electron chi connectivity index (χ2n) is 4.00. The van der Waals surface area contributed by atoms with Crippen LogP contribution < -0.4 is 11.1 Å². The number of rotatable bonds is 3. The lowest BCUT2D eigenvalue weighted by atomic mass is 10.1. The van der Waals surface area contributed by atoms with Crippen LogP contribution in [0.25, 0.3) is 0 Å². The molecule has 0 unspecified atom stereocenters. The number of carbonyl (C=O) groups is 3. The molecule has 94 valence electrons. The van der Waals surface area contributed by atoms with Crippen LogP contribution in [0.5, 0.6) is 0 Å². The first-order valence-electron chi connectivity index (χ1n) is 5.51. The molecule has 0 aromatic heterocycles. The summed E-state index contributed by atoms with van der Waals surface area (Å²) in [5, 5.41) is 2.71. The van der Waals surface area contributed by atoms with Crippen LogP contribution in [0.4, 0.5) is 0 Å². The number of hydrogen-bond donors (Lipinski definition) is 2. The number of carbonyl (C=O) groups excluding carboxylic acids is 3. The van der Waals surface area contributed by atoms with Gasteiger partial charge in [0.15, 0.2) is 0 Å². The molecule has 0 atom stereocenters. The van der Waals surface area contributed by atoms with Crippen molar-refractivity contribution in [2.75, 3.05) is 13.1 Å². The van der Waals surface area contributed by atoms with E-state index >= 15 is 0 Å². The molecule has 6 heteroatoms. The third-order valence-corrected chi connectivity index (χ3v) is 2.77. The molecule has 0 radical (unpaired) electrons. The van der Waals surface area contributed by atoms with Gasteiger partial charge in [0, 0.05) is 5.56 Å². The Morgan fingerprint density at radius 2 is 1.83 bits per heavy atom. The quantitative estimate of drug-likeness (QED) is 0.687. The molecule has 3 amide bonds. The third-order valence-electron chi connectivity index (χ3n) is 2.77. The van der Waals surface area contributed by atoms with Crippen molar-refractivity contribution < 1.29 is 14.4 Å². The Hall–Kier alpha value is -2.21. The van der Waals surface area contributed by atoms with Crippen LogP contribution in [-0.4, -0.2) is 35.7 Å². The molecule has 1 aromatic carbocycles. The van der Waals surface area contributed by atoms with Crippen LogP contribution in [-0.2, 0) is 16.1 Å². The van der Waals surface area contributed by atoms with E-state index in [0.717, 1.165) is 4.90 Å². The molecule has 1 aliphatic heterocycles. The number of nitrogens with two attached hydrogens (primary N) is 1. The van der Waals surface area contributed by atoms with Gasteiger partial charge in [0.05, 0.1) is 19.6 Å². The van der Waals surface area contributed by atoms with Crippen molar-refractivity contribution in [2.45, 2.75) is 6.54 Å². The standard InChI is InChI=1S/C12H13N3O3/c13-12(18)9-4-2-1-3-8(9)7-15-10(16)5-14-6-11(15)17/h1-4,14H,5-7H2,(H2,13,18). The molecular formula is C12H13N3O3. The van der Waals surface area contributed by atoms with Crippen LogP contribution in [0.3, 0.4) is 0 Å². The van der Waals surface area contributed by atoms with Gasteiger partial charge in [-0.3, -0.25) is 24.6 Å². The Bertz CT molecular complexity index is 497. The maximum absolute atomic E-state index is 11.6. The monoisotopic (exact) mass is 247 g/mol. The third kappa shape index (κ3) is 2.38. The fraction of sp³-hybridized carbons (Fsp3) is 0.250. The lowest BCUT2D eigenvalue weighted by Crippen LogP contribution is -2.51.